The number of carboxylic acid groups (broad SMARTS) is 1. The lowest BCUT2D eigenvalue weighted by atomic mass is 9.72. The molecule has 3 unspecified atom stereocenters. The Morgan fingerprint density at radius 3 is 2.58 bits per heavy atom. The second-order valence-electron chi connectivity index (χ2n) is 5.16. The van der Waals surface area contributed by atoms with Crippen LogP contribution in [-0.4, -0.2) is 29.4 Å². The summed E-state index contributed by atoms with van der Waals surface area (Å²) in [6.45, 7) is 0. The lowest BCUT2D eigenvalue weighted by molar-refractivity contribution is -0.170. The lowest BCUT2D eigenvalue weighted by Gasteiger charge is -2.38. The van der Waals surface area contributed by atoms with Gasteiger partial charge in [0.15, 0.2) is 5.60 Å². The van der Waals surface area contributed by atoms with E-state index in [2.05, 4.69) is 0 Å². The molecule has 3 atom stereocenters. The van der Waals surface area contributed by atoms with Crippen molar-refractivity contribution in [2.24, 2.45) is 5.92 Å². The Balaban J connectivity index is 2.32. The predicted octanol–water partition coefficient (Wildman–Crippen LogP) is 2.16. The summed E-state index contributed by atoms with van der Waals surface area (Å²) in [7, 11) is 1.63. The number of aliphatic hydroxyl groups is 1. The second-order valence-corrected chi connectivity index (χ2v) is 5.16. The van der Waals surface area contributed by atoms with E-state index in [0.29, 0.717) is 18.4 Å². The van der Waals surface area contributed by atoms with Crippen LogP contribution in [0.25, 0.3) is 0 Å². The molecule has 4 nitrogen and oxygen atoms in total. The van der Waals surface area contributed by atoms with Gasteiger partial charge in [-0.1, -0.05) is 36.8 Å². The van der Waals surface area contributed by atoms with Gasteiger partial charge in [-0.3, -0.25) is 0 Å². The van der Waals surface area contributed by atoms with E-state index in [1.165, 1.54) is 0 Å². The Hall–Kier alpha value is -1.39. The minimum absolute atomic E-state index is 0.0355. The topological polar surface area (TPSA) is 66.8 Å². The fraction of sp³-hybridized carbons (Fsp3) is 0.533. The Kier molecular flexibility index (Phi) is 4.22. The monoisotopic (exact) mass is 264 g/mol. The van der Waals surface area contributed by atoms with Gasteiger partial charge >= 0.3 is 5.97 Å². The average Bonchev–Trinajstić information content (AvgIpc) is 2.47. The smallest absolute Gasteiger partial charge is 0.340 e. The van der Waals surface area contributed by atoms with Gasteiger partial charge in [0.2, 0.25) is 0 Å². The van der Waals surface area contributed by atoms with Crippen LogP contribution in [0.1, 0.15) is 31.2 Å². The summed E-state index contributed by atoms with van der Waals surface area (Å²) in [6.07, 6.45) is 3.13. The Bertz CT molecular complexity index is 431. The highest BCUT2D eigenvalue weighted by Crippen LogP contribution is 2.40. The quantitative estimate of drug-likeness (QED) is 0.874. The molecule has 0 saturated heterocycles. The molecule has 1 aromatic carbocycles. The van der Waals surface area contributed by atoms with Crippen molar-refractivity contribution in [1.29, 1.82) is 0 Å². The van der Waals surface area contributed by atoms with Crippen molar-refractivity contribution in [3.05, 3.63) is 35.9 Å². The van der Waals surface area contributed by atoms with Gasteiger partial charge in [-0.15, -0.1) is 0 Å². The van der Waals surface area contributed by atoms with Gasteiger partial charge in [-0.05, 0) is 24.8 Å². The van der Waals surface area contributed by atoms with E-state index < -0.39 is 11.6 Å². The Labute approximate surface area is 113 Å². The number of carbonyl (C=O) groups is 1. The molecule has 104 valence electrons. The molecule has 0 bridgehead atoms. The maximum absolute atomic E-state index is 11.6. The molecule has 1 fully saturated rings. The number of rotatable bonds is 4. The molecule has 0 spiro atoms. The van der Waals surface area contributed by atoms with Gasteiger partial charge in [-0.2, -0.15) is 0 Å². The predicted molar refractivity (Wildman–Crippen MR) is 70.7 cm³/mol. The minimum atomic E-state index is -1.82. The van der Waals surface area contributed by atoms with Crippen molar-refractivity contribution in [2.75, 3.05) is 7.11 Å². The molecule has 1 saturated carbocycles. The van der Waals surface area contributed by atoms with Gasteiger partial charge < -0.3 is 14.9 Å². The van der Waals surface area contributed by atoms with E-state index >= 15 is 0 Å². The molecule has 2 N–H and O–H groups in total. The van der Waals surface area contributed by atoms with Gasteiger partial charge in [-0.25, -0.2) is 4.79 Å². The molecular formula is C15H20O4. The van der Waals surface area contributed by atoms with Crippen LogP contribution in [0.15, 0.2) is 30.3 Å². The summed E-state index contributed by atoms with van der Waals surface area (Å²) in [5.74, 6) is -1.49. The first-order valence-corrected chi connectivity index (χ1v) is 6.63. The first kappa shape index (κ1) is 14.0. The maximum atomic E-state index is 11.6. The first-order valence-electron chi connectivity index (χ1n) is 6.63. The van der Waals surface area contributed by atoms with Crippen molar-refractivity contribution in [3.8, 4) is 0 Å². The van der Waals surface area contributed by atoms with Crippen molar-refractivity contribution in [2.45, 2.75) is 37.4 Å². The van der Waals surface area contributed by atoms with E-state index in [1.807, 2.05) is 6.07 Å². The number of carboxylic acids is 1. The SMILES string of the molecule is COC1CCCC(C(O)(C(=O)O)c2ccccc2)C1. The number of hydrogen-bond donors (Lipinski definition) is 2. The third-order valence-electron chi connectivity index (χ3n) is 4.09. The molecule has 1 aromatic rings. The third kappa shape index (κ3) is 2.65. The largest absolute Gasteiger partial charge is 0.479 e. The summed E-state index contributed by atoms with van der Waals surface area (Å²) < 4.78 is 5.33. The van der Waals surface area contributed by atoms with Crippen LogP contribution in [-0.2, 0) is 15.1 Å². The number of ether oxygens (including phenoxy) is 1. The fourth-order valence-corrected chi connectivity index (χ4v) is 2.96. The molecule has 0 aliphatic heterocycles. The maximum Gasteiger partial charge on any atom is 0.340 e. The van der Waals surface area contributed by atoms with Crippen LogP contribution in [0.4, 0.5) is 0 Å². The average molecular weight is 264 g/mol. The van der Waals surface area contributed by atoms with E-state index in [9.17, 15) is 15.0 Å². The number of benzene rings is 1. The van der Waals surface area contributed by atoms with Crippen LogP contribution in [0, 0.1) is 5.92 Å². The molecule has 1 aliphatic rings. The lowest BCUT2D eigenvalue weighted by Crippen LogP contribution is -2.45. The zero-order chi connectivity index (χ0) is 13.9. The number of aliphatic carboxylic acids is 1. The number of hydrogen-bond acceptors (Lipinski definition) is 3. The van der Waals surface area contributed by atoms with Gasteiger partial charge in [0, 0.05) is 13.0 Å². The minimum Gasteiger partial charge on any atom is -0.479 e. The highest BCUT2D eigenvalue weighted by Gasteiger charge is 2.47. The third-order valence-corrected chi connectivity index (χ3v) is 4.09. The first-order chi connectivity index (χ1) is 9.09. The van der Waals surface area contributed by atoms with Crippen molar-refractivity contribution in [1.82, 2.24) is 0 Å². The van der Waals surface area contributed by atoms with Gasteiger partial charge in [0.25, 0.3) is 0 Å². The highest BCUT2D eigenvalue weighted by molar-refractivity contribution is 5.79. The van der Waals surface area contributed by atoms with Crippen molar-refractivity contribution < 1.29 is 19.7 Å². The molecule has 4 heteroatoms. The molecule has 0 aromatic heterocycles. The molecule has 0 radical (unpaired) electrons. The van der Waals surface area contributed by atoms with Gasteiger partial charge in [0.05, 0.1) is 6.10 Å². The molecule has 0 heterocycles. The van der Waals surface area contributed by atoms with Crippen LogP contribution in [0.2, 0.25) is 0 Å². The standard InChI is InChI=1S/C15H20O4/c1-19-13-9-5-8-12(10-13)15(18,14(16)17)11-6-3-2-4-7-11/h2-4,6-7,12-13,18H,5,8-10H2,1H3,(H,16,17). The van der Waals surface area contributed by atoms with Crippen molar-refractivity contribution >= 4 is 5.97 Å². The summed E-state index contributed by atoms with van der Waals surface area (Å²) in [4.78, 5) is 11.6. The fourth-order valence-electron chi connectivity index (χ4n) is 2.96. The zero-order valence-electron chi connectivity index (χ0n) is 11.1. The Morgan fingerprint density at radius 2 is 2.00 bits per heavy atom. The van der Waals surface area contributed by atoms with Crippen LogP contribution in [0.3, 0.4) is 0 Å². The number of methoxy groups -OCH3 is 1. The molecular weight excluding hydrogens is 244 g/mol. The zero-order valence-corrected chi connectivity index (χ0v) is 11.1. The van der Waals surface area contributed by atoms with Crippen molar-refractivity contribution in [3.63, 3.8) is 0 Å². The van der Waals surface area contributed by atoms with Crippen LogP contribution < -0.4 is 0 Å². The summed E-state index contributed by atoms with van der Waals surface area (Å²) in [6, 6.07) is 8.65. The normalized spacial score (nSPS) is 26.6. The molecule has 0 amide bonds. The van der Waals surface area contributed by atoms with E-state index in [0.717, 1.165) is 12.8 Å². The summed E-state index contributed by atoms with van der Waals surface area (Å²) in [5.41, 5.74) is -1.37. The summed E-state index contributed by atoms with van der Waals surface area (Å²) >= 11 is 0. The van der Waals surface area contributed by atoms with E-state index in [-0.39, 0.29) is 12.0 Å². The molecule has 1 aliphatic carbocycles. The second kappa shape index (κ2) is 5.72. The highest BCUT2D eigenvalue weighted by atomic mass is 16.5. The van der Waals surface area contributed by atoms with Crippen LogP contribution in [0.5, 0.6) is 0 Å². The van der Waals surface area contributed by atoms with E-state index in [4.69, 9.17) is 4.74 Å². The molecule has 2 rings (SSSR count). The van der Waals surface area contributed by atoms with Crippen LogP contribution >= 0.6 is 0 Å². The van der Waals surface area contributed by atoms with Gasteiger partial charge in [0.1, 0.15) is 0 Å². The summed E-state index contributed by atoms with van der Waals surface area (Å²) in [5, 5.41) is 20.2. The van der Waals surface area contributed by atoms with E-state index in [1.54, 1.807) is 31.4 Å². The molecule has 19 heavy (non-hydrogen) atoms. The Morgan fingerprint density at radius 1 is 1.32 bits per heavy atom.